The smallest absolute Gasteiger partial charge is 0.316 e. The van der Waals surface area contributed by atoms with Crippen LogP contribution >= 0.6 is 23.1 Å². The van der Waals surface area contributed by atoms with Gasteiger partial charge in [-0.25, -0.2) is 9.97 Å². The summed E-state index contributed by atoms with van der Waals surface area (Å²) in [4.78, 5) is 33.9. The molecule has 4 aromatic rings. The normalized spacial score (nSPS) is 10.7. The number of thiophene rings is 1. The fourth-order valence-electron chi connectivity index (χ4n) is 3.00. The largest absolute Gasteiger partial charge is 0.497 e. The van der Waals surface area contributed by atoms with Gasteiger partial charge in [0.2, 0.25) is 0 Å². The fraction of sp³-hybridized carbons (Fsp3) is 0.130. The predicted molar refractivity (Wildman–Crippen MR) is 126 cm³/mol. The lowest BCUT2D eigenvalue weighted by atomic mass is 10.1. The Morgan fingerprint density at radius 2 is 1.94 bits per heavy atom. The Hall–Kier alpha value is -3.43. The monoisotopic (exact) mass is 465 g/mol. The molecule has 0 saturated carbocycles. The first kappa shape index (κ1) is 21.8. The maximum absolute atomic E-state index is 12.2. The summed E-state index contributed by atoms with van der Waals surface area (Å²) in [5.74, 6) is -0.275. The number of ether oxygens (including phenoxy) is 2. The Kier molecular flexibility index (Phi) is 6.98. The van der Waals surface area contributed by atoms with Crippen molar-refractivity contribution in [2.24, 2.45) is 0 Å². The molecule has 0 bridgehead atoms. The average Bonchev–Trinajstić information content (AvgIpc) is 3.27. The van der Waals surface area contributed by atoms with E-state index in [9.17, 15) is 9.59 Å². The van der Waals surface area contributed by atoms with E-state index in [1.54, 1.807) is 31.4 Å². The highest BCUT2D eigenvalue weighted by Crippen LogP contribution is 2.37. The van der Waals surface area contributed by atoms with Gasteiger partial charge >= 0.3 is 5.97 Å². The molecule has 0 saturated heterocycles. The van der Waals surface area contributed by atoms with Crippen LogP contribution in [0.3, 0.4) is 0 Å². The SMILES string of the molecule is COc1cccc(NC(=O)COC(=O)CSc2ncnc3scc(-c4ccccc4)c23)c1. The molecule has 4 rings (SSSR count). The van der Waals surface area contributed by atoms with Crippen molar-refractivity contribution in [3.8, 4) is 16.9 Å². The molecule has 9 heteroatoms. The van der Waals surface area contributed by atoms with E-state index in [4.69, 9.17) is 9.47 Å². The molecule has 1 N–H and O–H groups in total. The number of anilines is 1. The zero-order valence-corrected chi connectivity index (χ0v) is 18.7. The number of hydrogen-bond donors (Lipinski definition) is 1. The molecule has 0 aliphatic rings. The molecule has 0 aliphatic carbocycles. The van der Waals surface area contributed by atoms with Crippen LogP contribution in [0.5, 0.6) is 5.75 Å². The molecule has 0 unspecified atom stereocenters. The molecule has 2 aromatic heterocycles. The number of benzene rings is 2. The van der Waals surface area contributed by atoms with Crippen LogP contribution in [-0.4, -0.2) is 41.3 Å². The van der Waals surface area contributed by atoms with Crippen molar-refractivity contribution in [2.45, 2.75) is 5.03 Å². The number of rotatable bonds is 8. The van der Waals surface area contributed by atoms with Crippen molar-refractivity contribution >= 4 is 50.9 Å². The maximum atomic E-state index is 12.2. The average molecular weight is 466 g/mol. The minimum atomic E-state index is -0.501. The second-order valence-corrected chi connectivity index (χ2v) is 8.43. The third-order valence-electron chi connectivity index (χ3n) is 4.46. The number of aromatic nitrogens is 2. The van der Waals surface area contributed by atoms with Gasteiger partial charge in [0.25, 0.3) is 5.91 Å². The van der Waals surface area contributed by atoms with Crippen molar-refractivity contribution in [3.63, 3.8) is 0 Å². The lowest BCUT2D eigenvalue weighted by molar-refractivity contribution is -0.144. The summed E-state index contributed by atoms with van der Waals surface area (Å²) < 4.78 is 10.2. The number of hydrogen-bond acceptors (Lipinski definition) is 8. The van der Waals surface area contributed by atoms with Crippen molar-refractivity contribution in [1.82, 2.24) is 9.97 Å². The minimum Gasteiger partial charge on any atom is -0.497 e. The van der Waals surface area contributed by atoms with Gasteiger partial charge in [-0.3, -0.25) is 9.59 Å². The van der Waals surface area contributed by atoms with Crippen LogP contribution in [0.15, 0.2) is 71.3 Å². The number of amides is 1. The van der Waals surface area contributed by atoms with Crippen LogP contribution < -0.4 is 10.1 Å². The number of carbonyl (C=O) groups is 2. The summed E-state index contributed by atoms with van der Waals surface area (Å²) in [6.45, 7) is -0.372. The van der Waals surface area contributed by atoms with Gasteiger partial charge in [0.1, 0.15) is 21.9 Å². The molecule has 2 heterocycles. The van der Waals surface area contributed by atoms with E-state index in [1.165, 1.54) is 29.4 Å². The van der Waals surface area contributed by atoms with Crippen LogP contribution in [0, 0.1) is 0 Å². The van der Waals surface area contributed by atoms with E-state index >= 15 is 0 Å². The van der Waals surface area contributed by atoms with Crippen LogP contribution in [0.1, 0.15) is 0 Å². The topological polar surface area (TPSA) is 90.4 Å². The Bertz CT molecular complexity index is 1240. The van der Waals surface area contributed by atoms with E-state index in [0.29, 0.717) is 16.5 Å². The first-order valence-electron chi connectivity index (χ1n) is 9.64. The third kappa shape index (κ3) is 5.24. The molecule has 0 atom stereocenters. The summed E-state index contributed by atoms with van der Waals surface area (Å²) in [6, 6.07) is 16.9. The van der Waals surface area contributed by atoms with E-state index in [2.05, 4.69) is 15.3 Å². The van der Waals surface area contributed by atoms with Crippen LogP contribution in [0.25, 0.3) is 21.3 Å². The van der Waals surface area contributed by atoms with Crippen molar-refractivity contribution in [3.05, 3.63) is 66.3 Å². The molecule has 162 valence electrons. The third-order valence-corrected chi connectivity index (χ3v) is 6.31. The Balaban J connectivity index is 1.36. The number of esters is 1. The van der Waals surface area contributed by atoms with Crippen LogP contribution in [0.4, 0.5) is 5.69 Å². The minimum absolute atomic E-state index is 0.0304. The molecular formula is C23H19N3O4S2. The Morgan fingerprint density at radius 3 is 2.75 bits per heavy atom. The van der Waals surface area contributed by atoms with Gasteiger partial charge in [0.15, 0.2) is 6.61 Å². The summed E-state index contributed by atoms with van der Waals surface area (Å²) in [5, 5.41) is 6.33. The highest BCUT2D eigenvalue weighted by molar-refractivity contribution is 8.00. The molecule has 7 nitrogen and oxygen atoms in total. The van der Waals surface area contributed by atoms with E-state index in [-0.39, 0.29) is 12.4 Å². The molecule has 32 heavy (non-hydrogen) atoms. The zero-order chi connectivity index (χ0) is 22.3. The summed E-state index contributed by atoms with van der Waals surface area (Å²) in [6.07, 6.45) is 1.49. The maximum Gasteiger partial charge on any atom is 0.316 e. The predicted octanol–water partition coefficient (Wildman–Crippen LogP) is 4.64. The molecular weight excluding hydrogens is 446 g/mol. The number of carbonyl (C=O) groups excluding carboxylic acids is 2. The molecule has 2 aromatic carbocycles. The molecule has 0 aliphatic heterocycles. The van der Waals surface area contributed by atoms with Gasteiger partial charge in [0.05, 0.1) is 18.2 Å². The molecule has 0 spiro atoms. The van der Waals surface area contributed by atoms with Gasteiger partial charge in [-0.15, -0.1) is 11.3 Å². The number of thioether (sulfide) groups is 1. The number of methoxy groups -OCH3 is 1. The summed E-state index contributed by atoms with van der Waals surface area (Å²) in [5.41, 5.74) is 2.65. The van der Waals surface area contributed by atoms with E-state index in [1.807, 2.05) is 35.7 Å². The standard InChI is InChI=1S/C23H19N3O4S2/c1-29-17-9-5-8-16(10-17)26-19(27)11-30-20(28)13-32-23-21-18(15-6-3-2-4-7-15)12-31-22(21)24-14-25-23/h2-10,12,14H,11,13H2,1H3,(H,26,27). The van der Waals surface area contributed by atoms with Crippen LogP contribution in [0.2, 0.25) is 0 Å². The zero-order valence-electron chi connectivity index (χ0n) is 17.1. The molecule has 0 fully saturated rings. The number of nitrogens with zero attached hydrogens (tertiary/aromatic N) is 2. The Labute approximate surface area is 192 Å². The van der Waals surface area contributed by atoms with Crippen molar-refractivity contribution < 1.29 is 19.1 Å². The highest BCUT2D eigenvalue weighted by atomic mass is 32.2. The molecule has 0 radical (unpaired) electrons. The van der Waals surface area contributed by atoms with Gasteiger partial charge < -0.3 is 14.8 Å². The number of fused-ring (bicyclic) bond motifs is 1. The van der Waals surface area contributed by atoms with Gasteiger partial charge in [0, 0.05) is 22.7 Å². The van der Waals surface area contributed by atoms with Gasteiger partial charge in [-0.2, -0.15) is 0 Å². The van der Waals surface area contributed by atoms with Crippen molar-refractivity contribution in [1.29, 1.82) is 0 Å². The van der Waals surface area contributed by atoms with Crippen LogP contribution in [-0.2, 0) is 14.3 Å². The lowest BCUT2D eigenvalue weighted by Gasteiger charge is -2.08. The quantitative estimate of drug-likeness (QED) is 0.230. The second-order valence-electron chi connectivity index (χ2n) is 6.60. The highest BCUT2D eigenvalue weighted by Gasteiger charge is 2.15. The van der Waals surface area contributed by atoms with Gasteiger partial charge in [-0.05, 0) is 17.7 Å². The molecule has 1 amide bonds. The fourth-order valence-corrected chi connectivity index (χ4v) is 4.79. The summed E-state index contributed by atoms with van der Waals surface area (Å²) in [7, 11) is 1.55. The van der Waals surface area contributed by atoms with Gasteiger partial charge in [-0.1, -0.05) is 48.2 Å². The first-order chi connectivity index (χ1) is 15.6. The lowest BCUT2D eigenvalue weighted by Crippen LogP contribution is -2.21. The second kappa shape index (κ2) is 10.3. The van der Waals surface area contributed by atoms with E-state index in [0.717, 1.165) is 21.3 Å². The Morgan fingerprint density at radius 1 is 1.09 bits per heavy atom. The van der Waals surface area contributed by atoms with E-state index < -0.39 is 11.9 Å². The van der Waals surface area contributed by atoms with Crippen molar-refractivity contribution in [2.75, 3.05) is 24.8 Å². The summed E-state index contributed by atoms with van der Waals surface area (Å²) >= 11 is 2.80. The first-order valence-corrected chi connectivity index (χ1v) is 11.5. The number of nitrogens with one attached hydrogen (secondary N) is 1.